The van der Waals surface area contributed by atoms with E-state index in [4.69, 9.17) is 11.5 Å². The molecule has 4 N–H and O–H groups in total. The second-order valence-corrected chi connectivity index (χ2v) is 4.98. The van der Waals surface area contributed by atoms with Gasteiger partial charge in [-0.15, -0.1) is 0 Å². The van der Waals surface area contributed by atoms with Crippen LogP contribution in [0.15, 0.2) is 30.3 Å². The molecule has 0 radical (unpaired) electrons. The van der Waals surface area contributed by atoms with Crippen LogP contribution in [-0.4, -0.2) is 0 Å². The Hall–Kier alpha value is -1.70. The molecule has 0 bridgehead atoms. The van der Waals surface area contributed by atoms with Gasteiger partial charge >= 0.3 is 0 Å². The number of anilines is 2. The van der Waals surface area contributed by atoms with Gasteiger partial charge < -0.3 is 11.5 Å². The van der Waals surface area contributed by atoms with E-state index in [1.54, 1.807) is 0 Å². The van der Waals surface area contributed by atoms with E-state index >= 15 is 0 Å². The summed E-state index contributed by atoms with van der Waals surface area (Å²) in [7, 11) is 0. The molecule has 2 nitrogen and oxygen atoms in total. The van der Waals surface area contributed by atoms with Gasteiger partial charge in [0, 0.05) is 16.8 Å². The molecule has 0 saturated carbocycles. The van der Waals surface area contributed by atoms with Gasteiger partial charge in [-0.2, -0.15) is 0 Å². The Morgan fingerprint density at radius 1 is 0.944 bits per heavy atom. The van der Waals surface area contributed by atoms with Crippen LogP contribution >= 0.6 is 0 Å². The molecule has 0 amide bonds. The first kappa shape index (κ1) is 12.7. The zero-order valence-electron chi connectivity index (χ0n) is 11.1. The predicted octanol–water partition coefficient (Wildman–Crippen LogP) is 4.13. The summed E-state index contributed by atoms with van der Waals surface area (Å²) in [5.74, 6) is 0. The maximum Gasteiger partial charge on any atom is 0.0414 e. The van der Waals surface area contributed by atoms with Crippen molar-refractivity contribution in [1.29, 1.82) is 0 Å². The van der Waals surface area contributed by atoms with Crippen LogP contribution in [0.2, 0.25) is 0 Å². The fraction of sp³-hybridized carbons (Fsp3) is 0.375. The van der Waals surface area contributed by atoms with E-state index in [2.05, 4.69) is 25.1 Å². The third-order valence-electron chi connectivity index (χ3n) is 3.39. The van der Waals surface area contributed by atoms with Crippen LogP contribution in [-0.2, 0) is 6.42 Å². The monoisotopic (exact) mass is 242 g/mol. The zero-order chi connectivity index (χ0) is 13.0. The Morgan fingerprint density at radius 3 is 2.56 bits per heavy atom. The van der Waals surface area contributed by atoms with Crippen LogP contribution in [0.3, 0.4) is 0 Å². The van der Waals surface area contributed by atoms with E-state index in [-0.39, 0.29) is 0 Å². The van der Waals surface area contributed by atoms with Crippen molar-refractivity contribution in [3.05, 3.63) is 35.9 Å². The van der Waals surface area contributed by atoms with E-state index < -0.39 is 0 Å². The summed E-state index contributed by atoms with van der Waals surface area (Å²) in [6, 6.07) is 10.3. The van der Waals surface area contributed by atoms with Crippen molar-refractivity contribution in [2.45, 2.75) is 39.0 Å². The molecule has 18 heavy (non-hydrogen) atoms. The average molecular weight is 242 g/mol. The third-order valence-corrected chi connectivity index (χ3v) is 3.39. The van der Waals surface area contributed by atoms with Gasteiger partial charge in [-0.05, 0) is 35.9 Å². The molecule has 0 heterocycles. The molecular formula is C16H22N2. The summed E-state index contributed by atoms with van der Waals surface area (Å²) < 4.78 is 0. The molecule has 2 aromatic carbocycles. The molecule has 0 atom stereocenters. The summed E-state index contributed by atoms with van der Waals surface area (Å²) in [6.45, 7) is 2.24. The van der Waals surface area contributed by atoms with Gasteiger partial charge in [-0.3, -0.25) is 0 Å². The largest absolute Gasteiger partial charge is 0.399 e. The molecule has 0 unspecified atom stereocenters. The Bertz CT molecular complexity index is 532. The third kappa shape index (κ3) is 2.95. The number of nitrogen functional groups attached to an aromatic ring is 2. The minimum atomic E-state index is 0.739. The molecular weight excluding hydrogens is 220 g/mol. The van der Waals surface area contributed by atoms with Crippen molar-refractivity contribution in [1.82, 2.24) is 0 Å². The lowest BCUT2D eigenvalue weighted by Gasteiger charge is -2.07. The summed E-state index contributed by atoms with van der Waals surface area (Å²) >= 11 is 0. The lowest BCUT2D eigenvalue weighted by atomic mass is 10.0. The first-order valence-corrected chi connectivity index (χ1v) is 6.78. The van der Waals surface area contributed by atoms with Gasteiger partial charge in [-0.25, -0.2) is 0 Å². The number of nitrogens with two attached hydrogens (primary N) is 2. The first-order valence-electron chi connectivity index (χ1n) is 6.78. The lowest BCUT2D eigenvalue weighted by Crippen LogP contribution is -1.93. The normalized spacial score (nSPS) is 10.9. The van der Waals surface area contributed by atoms with Crippen molar-refractivity contribution in [3.63, 3.8) is 0 Å². The van der Waals surface area contributed by atoms with Crippen LogP contribution in [0.25, 0.3) is 10.8 Å². The van der Waals surface area contributed by atoms with Crippen molar-refractivity contribution < 1.29 is 0 Å². The van der Waals surface area contributed by atoms with Gasteiger partial charge in [0.1, 0.15) is 0 Å². The molecule has 0 aliphatic carbocycles. The van der Waals surface area contributed by atoms with Crippen LogP contribution in [0.5, 0.6) is 0 Å². The van der Waals surface area contributed by atoms with E-state index in [0.717, 1.165) is 28.6 Å². The Kier molecular flexibility index (Phi) is 4.08. The van der Waals surface area contributed by atoms with Gasteiger partial charge in [-0.1, -0.05) is 44.4 Å². The maximum absolute atomic E-state index is 5.97. The molecule has 0 fully saturated rings. The van der Waals surface area contributed by atoms with Crippen molar-refractivity contribution in [2.75, 3.05) is 11.5 Å². The van der Waals surface area contributed by atoms with Crippen LogP contribution in [0.1, 0.15) is 38.2 Å². The molecule has 0 aliphatic rings. The fourth-order valence-corrected chi connectivity index (χ4v) is 2.38. The highest BCUT2D eigenvalue weighted by atomic mass is 14.6. The van der Waals surface area contributed by atoms with Crippen LogP contribution in [0.4, 0.5) is 11.4 Å². The minimum Gasteiger partial charge on any atom is -0.399 e. The topological polar surface area (TPSA) is 52.0 Å². The average Bonchev–Trinajstić information content (AvgIpc) is 2.34. The molecule has 0 aliphatic heterocycles. The molecule has 0 saturated heterocycles. The maximum atomic E-state index is 5.97. The smallest absolute Gasteiger partial charge is 0.0414 e. The standard InChI is InChI=1S/C16H22N2/c1-2-3-4-5-6-12-7-8-15-13(9-12)10-14(17)11-16(15)18/h7-11H,2-6,17-18H2,1H3. The molecule has 2 heteroatoms. The molecule has 2 aromatic rings. The number of hydrogen-bond acceptors (Lipinski definition) is 2. The quantitative estimate of drug-likeness (QED) is 0.612. The fourth-order valence-electron chi connectivity index (χ4n) is 2.38. The number of rotatable bonds is 5. The SMILES string of the molecule is CCCCCCc1ccc2c(N)cc(N)cc2c1. The van der Waals surface area contributed by atoms with Crippen molar-refractivity contribution >= 4 is 22.1 Å². The van der Waals surface area contributed by atoms with E-state index in [1.165, 1.54) is 31.2 Å². The highest BCUT2D eigenvalue weighted by Gasteiger charge is 2.01. The second-order valence-electron chi connectivity index (χ2n) is 4.98. The van der Waals surface area contributed by atoms with Gasteiger partial charge in [0.15, 0.2) is 0 Å². The first-order chi connectivity index (χ1) is 8.70. The Morgan fingerprint density at radius 2 is 1.78 bits per heavy atom. The van der Waals surface area contributed by atoms with Crippen molar-refractivity contribution in [2.24, 2.45) is 0 Å². The van der Waals surface area contributed by atoms with Crippen LogP contribution < -0.4 is 11.5 Å². The molecule has 0 spiro atoms. The molecule has 0 aromatic heterocycles. The van der Waals surface area contributed by atoms with Gasteiger partial charge in [0.05, 0.1) is 0 Å². The summed E-state index contributed by atoms with van der Waals surface area (Å²) in [4.78, 5) is 0. The van der Waals surface area contributed by atoms with Gasteiger partial charge in [0.2, 0.25) is 0 Å². The Labute approximate surface area is 109 Å². The molecule has 96 valence electrons. The minimum absolute atomic E-state index is 0.739. The second kappa shape index (κ2) is 5.76. The van der Waals surface area contributed by atoms with Gasteiger partial charge in [0.25, 0.3) is 0 Å². The zero-order valence-corrected chi connectivity index (χ0v) is 11.1. The van der Waals surface area contributed by atoms with Crippen molar-refractivity contribution in [3.8, 4) is 0 Å². The summed E-state index contributed by atoms with van der Waals surface area (Å²) in [5.41, 5.74) is 14.7. The molecule has 2 rings (SSSR count). The van der Waals surface area contributed by atoms with Crippen LogP contribution in [0, 0.1) is 0 Å². The number of fused-ring (bicyclic) bond motifs is 1. The highest BCUT2D eigenvalue weighted by molar-refractivity contribution is 5.95. The number of benzene rings is 2. The summed E-state index contributed by atoms with van der Waals surface area (Å²) in [6.07, 6.45) is 6.33. The number of hydrogen-bond donors (Lipinski definition) is 2. The summed E-state index contributed by atoms with van der Waals surface area (Å²) in [5, 5.41) is 2.25. The number of aryl methyl sites for hydroxylation is 1. The Balaban J connectivity index is 2.16. The number of unbranched alkanes of at least 4 members (excludes halogenated alkanes) is 3. The van der Waals surface area contributed by atoms with E-state index in [0.29, 0.717) is 0 Å². The highest BCUT2D eigenvalue weighted by Crippen LogP contribution is 2.26. The van der Waals surface area contributed by atoms with E-state index in [1.807, 2.05) is 12.1 Å². The predicted molar refractivity (Wildman–Crippen MR) is 80.6 cm³/mol. The lowest BCUT2D eigenvalue weighted by molar-refractivity contribution is 0.667. The van der Waals surface area contributed by atoms with E-state index in [9.17, 15) is 0 Å².